The first-order valence-corrected chi connectivity index (χ1v) is 6.45. The summed E-state index contributed by atoms with van der Waals surface area (Å²) in [5, 5.41) is 0. The topological polar surface area (TPSA) is 34.1 Å². The van der Waals surface area contributed by atoms with E-state index in [1.165, 1.54) is 12.1 Å². The predicted molar refractivity (Wildman–Crippen MR) is 54.4 cm³/mol. The van der Waals surface area contributed by atoms with E-state index in [9.17, 15) is 12.8 Å². The van der Waals surface area contributed by atoms with E-state index < -0.39 is 9.05 Å². The van der Waals surface area contributed by atoms with Crippen LogP contribution in [0.25, 0.3) is 0 Å². The molecular weight excluding hydrogens is 227 g/mol. The summed E-state index contributed by atoms with van der Waals surface area (Å²) in [7, 11) is 1.53. The van der Waals surface area contributed by atoms with Crippen LogP contribution < -0.4 is 0 Å². The van der Waals surface area contributed by atoms with E-state index in [1.54, 1.807) is 13.8 Å². The Morgan fingerprint density at radius 3 is 2.36 bits per heavy atom. The molecule has 0 spiro atoms. The molecule has 0 atom stereocenters. The van der Waals surface area contributed by atoms with Gasteiger partial charge in [0, 0.05) is 10.7 Å². The third-order valence-electron chi connectivity index (χ3n) is 1.95. The van der Waals surface area contributed by atoms with Crippen LogP contribution in [0.2, 0.25) is 0 Å². The molecule has 78 valence electrons. The lowest BCUT2D eigenvalue weighted by Gasteiger charge is -2.05. The largest absolute Gasteiger partial charge is 0.236 e. The Labute approximate surface area is 87.1 Å². The molecule has 5 heteroatoms. The fourth-order valence-corrected chi connectivity index (χ4v) is 2.22. The fourth-order valence-electron chi connectivity index (χ4n) is 1.18. The number of rotatable bonds is 2. The minimum absolute atomic E-state index is 0.262. The third kappa shape index (κ3) is 2.96. The maximum absolute atomic E-state index is 13.0. The van der Waals surface area contributed by atoms with Crippen LogP contribution in [0.3, 0.4) is 0 Å². The first kappa shape index (κ1) is 11.5. The lowest BCUT2D eigenvalue weighted by atomic mass is 10.1. The Morgan fingerprint density at radius 1 is 1.29 bits per heavy atom. The van der Waals surface area contributed by atoms with Gasteiger partial charge in [-0.1, -0.05) is 6.07 Å². The molecule has 0 saturated carbocycles. The van der Waals surface area contributed by atoms with Crippen molar-refractivity contribution in [3.05, 3.63) is 34.6 Å². The highest BCUT2D eigenvalue weighted by Gasteiger charge is 2.11. The molecule has 1 rings (SSSR count). The summed E-state index contributed by atoms with van der Waals surface area (Å²) in [6.45, 7) is 3.24. The van der Waals surface area contributed by atoms with Gasteiger partial charge in [0.05, 0.1) is 5.75 Å². The monoisotopic (exact) mass is 236 g/mol. The molecule has 0 bridgehead atoms. The summed E-state index contributed by atoms with van der Waals surface area (Å²) in [5.41, 5.74) is 1.56. The van der Waals surface area contributed by atoms with Crippen molar-refractivity contribution in [2.24, 2.45) is 0 Å². The minimum atomic E-state index is -3.58. The van der Waals surface area contributed by atoms with Crippen molar-refractivity contribution < 1.29 is 12.8 Å². The van der Waals surface area contributed by atoms with E-state index in [1.807, 2.05) is 0 Å². The summed E-state index contributed by atoms with van der Waals surface area (Å²) in [6, 6.07) is 2.82. The van der Waals surface area contributed by atoms with Crippen LogP contribution in [0.4, 0.5) is 4.39 Å². The van der Waals surface area contributed by atoms with Crippen molar-refractivity contribution in [1.29, 1.82) is 0 Å². The van der Waals surface area contributed by atoms with Gasteiger partial charge in [0.15, 0.2) is 0 Å². The molecule has 0 aromatic heterocycles. The predicted octanol–water partition coefficient (Wildman–Crippen LogP) is 2.51. The first-order chi connectivity index (χ1) is 6.29. The van der Waals surface area contributed by atoms with Crippen LogP contribution in [-0.2, 0) is 14.8 Å². The van der Waals surface area contributed by atoms with Crippen LogP contribution in [0, 0.1) is 19.7 Å². The molecule has 2 nitrogen and oxygen atoms in total. The number of halogens is 2. The molecule has 0 aliphatic rings. The van der Waals surface area contributed by atoms with Crippen LogP contribution in [-0.4, -0.2) is 8.42 Å². The number of aryl methyl sites for hydroxylation is 2. The zero-order valence-electron chi connectivity index (χ0n) is 7.84. The zero-order chi connectivity index (χ0) is 10.9. The first-order valence-electron chi connectivity index (χ1n) is 3.97. The van der Waals surface area contributed by atoms with Crippen molar-refractivity contribution in [1.82, 2.24) is 0 Å². The van der Waals surface area contributed by atoms with Crippen molar-refractivity contribution in [2.75, 3.05) is 0 Å². The van der Waals surface area contributed by atoms with E-state index in [0.717, 1.165) is 0 Å². The van der Waals surface area contributed by atoms with Crippen molar-refractivity contribution in [2.45, 2.75) is 19.6 Å². The minimum Gasteiger partial charge on any atom is -0.212 e. The maximum atomic E-state index is 13.0. The van der Waals surface area contributed by atoms with Gasteiger partial charge in [-0.05, 0) is 36.6 Å². The Morgan fingerprint density at radius 2 is 1.86 bits per heavy atom. The Kier molecular flexibility index (Phi) is 3.17. The van der Waals surface area contributed by atoms with Crippen LogP contribution in [0.1, 0.15) is 16.7 Å². The Hall–Kier alpha value is -0.610. The second-order valence-electron chi connectivity index (χ2n) is 3.21. The van der Waals surface area contributed by atoms with Crippen molar-refractivity contribution in [3.63, 3.8) is 0 Å². The molecular formula is C9H10ClFO2S. The van der Waals surface area contributed by atoms with Gasteiger partial charge in [-0.25, -0.2) is 12.8 Å². The molecule has 0 saturated heterocycles. The molecule has 0 amide bonds. The van der Waals surface area contributed by atoms with Gasteiger partial charge < -0.3 is 0 Å². The van der Waals surface area contributed by atoms with Crippen LogP contribution >= 0.6 is 10.7 Å². The lowest BCUT2D eigenvalue weighted by molar-refractivity contribution is 0.606. The smallest absolute Gasteiger partial charge is 0.212 e. The molecule has 0 N–H and O–H groups in total. The SMILES string of the molecule is Cc1cc(CS(=O)(=O)Cl)c(C)cc1F. The van der Waals surface area contributed by atoms with E-state index in [0.29, 0.717) is 16.7 Å². The zero-order valence-corrected chi connectivity index (χ0v) is 9.41. The lowest BCUT2D eigenvalue weighted by Crippen LogP contribution is -1.99. The van der Waals surface area contributed by atoms with Gasteiger partial charge in [0.25, 0.3) is 0 Å². The van der Waals surface area contributed by atoms with Gasteiger partial charge in [0.1, 0.15) is 5.82 Å². The highest BCUT2D eigenvalue weighted by Crippen LogP contribution is 2.18. The second-order valence-corrected chi connectivity index (χ2v) is 5.99. The quantitative estimate of drug-likeness (QED) is 0.740. The summed E-state index contributed by atoms with van der Waals surface area (Å²) in [4.78, 5) is 0. The van der Waals surface area contributed by atoms with Gasteiger partial charge in [-0.15, -0.1) is 0 Å². The van der Waals surface area contributed by atoms with Gasteiger partial charge in [0.2, 0.25) is 9.05 Å². The van der Waals surface area contributed by atoms with E-state index >= 15 is 0 Å². The van der Waals surface area contributed by atoms with E-state index in [2.05, 4.69) is 0 Å². The van der Waals surface area contributed by atoms with Gasteiger partial charge >= 0.3 is 0 Å². The van der Waals surface area contributed by atoms with Crippen molar-refractivity contribution >= 4 is 19.7 Å². The number of benzene rings is 1. The number of hydrogen-bond donors (Lipinski definition) is 0. The van der Waals surface area contributed by atoms with Crippen LogP contribution in [0.15, 0.2) is 12.1 Å². The molecule has 0 aliphatic carbocycles. The fraction of sp³-hybridized carbons (Fsp3) is 0.333. The molecule has 0 aliphatic heterocycles. The van der Waals surface area contributed by atoms with E-state index in [4.69, 9.17) is 10.7 Å². The third-order valence-corrected chi connectivity index (χ3v) is 2.93. The van der Waals surface area contributed by atoms with E-state index in [-0.39, 0.29) is 11.6 Å². The highest BCUT2D eigenvalue weighted by atomic mass is 35.7. The Bertz CT molecular complexity index is 454. The molecule has 1 aromatic rings. The van der Waals surface area contributed by atoms with Gasteiger partial charge in [-0.2, -0.15) is 0 Å². The molecule has 0 fully saturated rings. The second kappa shape index (κ2) is 3.87. The highest BCUT2D eigenvalue weighted by molar-refractivity contribution is 8.13. The van der Waals surface area contributed by atoms with Crippen LogP contribution in [0.5, 0.6) is 0 Å². The summed E-state index contributed by atoms with van der Waals surface area (Å²) in [6.07, 6.45) is 0. The Balaban J connectivity index is 3.17. The molecule has 14 heavy (non-hydrogen) atoms. The average molecular weight is 237 g/mol. The number of hydrogen-bond acceptors (Lipinski definition) is 2. The maximum Gasteiger partial charge on any atom is 0.236 e. The normalized spacial score (nSPS) is 11.7. The molecule has 0 heterocycles. The molecule has 0 radical (unpaired) electrons. The standard InChI is InChI=1S/C9H10ClFO2S/c1-6-4-9(11)7(2)3-8(6)5-14(10,12)13/h3-4H,5H2,1-2H3. The molecule has 0 unspecified atom stereocenters. The van der Waals surface area contributed by atoms with Crippen molar-refractivity contribution in [3.8, 4) is 0 Å². The van der Waals surface area contributed by atoms with Gasteiger partial charge in [-0.3, -0.25) is 0 Å². The average Bonchev–Trinajstić information content (AvgIpc) is 1.97. The summed E-state index contributed by atoms with van der Waals surface area (Å²) >= 11 is 0. The molecule has 1 aromatic carbocycles. The summed E-state index contributed by atoms with van der Waals surface area (Å²) in [5.74, 6) is -0.597. The summed E-state index contributed by atoms with van der Waals surface area (Å²) < 4.78 is 34.7.